The summed E-state index contributed by atoms with van der Waals surface area (Å²) in [6, 6.07) is 3.94. The number of aliphatic hydroxyl groups excluding tert-OH is 1. The highest BCUT2D eigenvalue weighted by Gasteiger charge is 2.07. The van der Waals surface area contributed by atoms with Crippen LogP contribution >= 0.6 is 22.9 Å². The Morgan fingerprint density at radius 3 is 2.73 bits per heavy atom. The molecule has 1 aromatic rings. The molecule has 0 bridgehead atoms. The highest BCUT2D eigenvalue weighted by molar-refractivity contribution is 7.16. The molecule has 1 heterocycles. The van der Waals surface area contributed by atoms with Gasteiger partial charge in [0.2, 0.25) is 0 Å². The Hall–Kier alpha value is -0.0900. The predicted molar refractivity (Wildman–Crippen MR) is 66.5 cm³/mol. The first kappa shape index (κ1) is 13.0. The van der Waals surface area contributed by atoms with Crippen LogP contribution in [0.2, 0.25) is 4.34 Å². The molecular weight excluding hydrogens is 230 g/mol. The molecule has 0 saturated carbocycles. The summed E-state index contributed by atoms with van der Waals surface area (Å²) in [5.74, 6) is 0.336. The minimum absolute atomic E-state index is 0.204. The summed E-state index contributed by atoms with van der Waals surface area (Å²) in [7, 11) is 0. The van der Waals surface area contributed by atoms with E-state index in [0.29, 0.717) is 5.92 Å². The maximum absolute atomic E-state index is 9.57. The van der Waals surface area contributed by atoms with Gasteiger partial charge in [0, 0.05) is 11.4 Å². The lowest BCUT2D eigenvalue weighted by atomic mass is 10.0. The molecule has 1 rings (SSSR count). The first-order chi connectivity index (χ1) is 7.09. The summed E-state index contributed by atoms with van der Waals surface area (Å²) in [6.07, 6.45) is 0.598. The molecule has 0 spiro atoms. The number of rotatable bonds is 6. The fraction of sp³-hybridized carbons (Fsp3) is 0.636. The summed E-state index contributed by atoms with van der Waals surface area (Å²) >= 11 is 7.41. The molecule has 0 aliphatic heterocycles. The zero-order valence-corrected chi connectivity index (χ0v) is 10.7. The Morgan fingerprint density at radius 1 is 1.47 bits per heavy atom. The molecule has 86 valence electrons. The molecule has 0 fully saturated rings. The second-order valence-corrected chi connectivity index (χ2v) is 5.78. The second-order valence-electron chi connectivity index (χ2n) is 3.98. The van der Waals surface area contributed by atoms with Crippen molar-refractivity contribution in [3.05, 3.63) is 21.3 Å². The van der Waals surface area contributed by atoms with E-state index in [2.05, 4.69) is 5.32 Å². The van der Waals surface area contributed by atoms with E-state index in [9.17, 15) is 5.11 Å². The topological polar surface area (TPSA) is 32.3 Å². The fourth-order valence-electron chi connectivity index (χ4n) is 1.24. The summed E-state index contributed by atoms with van der Waals surface area (Å²) in [6.45, 7) is 5.74. The molecule has 1 atom stereocenters. The van der Waals surface area contributed by atoms with E-state index in [0.717, 1.165) is 23.8 Å². The van der Waals surface area contributed by atoms with Crippen molar-refractivity contribution >= 4 is 22.9 Å². The Labute approximate surface area is 100 Å². The van der Waals surface area contributed by atoms with Crippen LogP contribution in [0.15, 0.2) is 12.1 Å². The maximum atomic E-state index is 9.57. The highest BCUT2D eigenvalue weighted by atomic mass is 35.5. The van der Waals surface area contributed by atoms with E-state index in [1.807, 2.05) is 26.0 Å². The fourth-order valence-corrected chi connectivity index (χ4v) is 2.30. The van der Waals surface area contributed by atoms with Crippen LogP contribution in [-0.2, 0) is 6.54 Å². The van der Waals surface area contributed by atoms with E-state index in [1.54, 1.807) is 11.3 Å². The molecule has 0 radical (unpaired) electrons. The highest BCUT2D eigenvalue weighted by Crippen LogP contribution is 2.20. The SMILES string of the molecule is CC(C)C(O)CCNCc1ccc(Cl)s1. The number of hydrogen-bond acceptors (Lipinski definition) is 3. The Morgan fingerprint density at radius 2 is 2.20 bits per heavy atom. The van der Waals surface area contributed by atoms with Gasteiger partial charge in [-0.15, -0.1) is 11.3 Å². The number of halogens is 1. The lowest BCUT2D eigenvalue weighted by molar-refractivity contribution is 0.116. The van der Waals surface area contributed by atoms with Gasteiger partial charge >= 0.3 is 0 Å². The third-order valence-corrected chi connectivity index (χ3v) is 3.55. The molecule has 4 heteroatoms. The monoisotopic (exact) mass is 247 g/mol. The predicted octanol–water partition coefficient (Wildman–Crippen LogP) is 2.90. The van der Waals surface area contributed by atoms with Gasteiger partial charge in [0.05, 0.1) is 10.4 Å². The zero-order valence-electron chi connectivity index (χ0n) is 9.16. The molecular formula is C11H18ClNOS. The van der Waals surface area contributed by atoms with Gasteiger partial charge in [0.1, 0.15) is 0 Å². The van der Waals surface area contributed by atoms with Crippen LogP contribution in [-0.4, -0.2) is 17.8 Å². The molecule has 2 nitrogen and oxygen atoms in total. The summed E-state index contributed by atoms with van der Waals surface area (Å²) < 4.78 is 0.828. The van der Waals surface area contributed by atoms with Crippen LogP contribution in [0.4, 0.5) is 0 Å². The maximum Gasteiger partial charge on any atom is 0.0931 e. The van der Waals surface area contributed by atoms with E-state index < -0.39 is 0 Å². The molecule has 0 aromatic carbocycles. The van der Waals surface area contributed by atoms with Crippen molar-refractivity contribution in [3.63, 3.8) is 0 Å². The Bertz CT molecular complexity index is 288. The van der Waals surface area contributed by atoms with Gasteiger partial charge < -0.3 is 10.4 Å². The third kappa shape index (κ3) is 4.98. The van der Waals surface area contributed by atoms with Crippen molar-refractivity contribution < 1.29 is 5.11 Å². The van der Waals surface area contributed by atoms with Crippen molar-refractivity contribution in [3.8, 4) is 0 Å². The van der Waals surface area contributed by atoms with Gasteiger partial charge in [-0.25, -0.2) is 0 Å². The average Bonchev–Trinajstić information content (AvgIpc) is 2.58. The minimum atomic E-state index is -0.204. The van der Waals surface area contributed by atoms with Crippen molar-refractivity contribution in [1.29, 1.82) is 0 Å². The standard InChI is InChI=1S/C11H18ClNOS/c1-8(2)10(14)5-6-13-7-9-3-4-11(12)15-9/h3-4,8,10,13-14H,5-7H2,1-2H3. The van der Waals surface area contributed by atoms with Crippen LogP contribution < -0.4 is 5.32 Å². The Kier molecular flexibility index (Phi) is 5.61. The Balaban J connectivity index is 2.12. The molecule has 0 saturated heterocycles. The normalized spacial score (nSPS) is 13.4. The summed E-state index contributed by atoms with van der Waals surface area (Å²) in [5, 5.41) is 12.9. The van der Waals surface area contributed by atoms with Crippen LogP contribution in [0, 0.1) is 5.92 Å². The van der Waals surface area contributed by atoms with Gasteiger partial charge in [-0.3, -0.25) is 0 Å². The van der Waals surface area contributed by atoms with Crippen molar-refractivity contribution in [2.24, 2.45) is 5.92 Å². The molecule has 15 heavy (non-hydrogen) atoms. The lowest BCUT2D eigenvalue weighted by Gasteiger charge is -2.14. The molecule has 2 N–H and O–H groups in total. The van der Waals surface area contributed by atoms with E-state index in [1.165, 1.54) is 4.88 Å². The van der Waals surface area contributed by atoms with Crippen LogP contribution in [0.5, 0.6) is 0 Å². The second kappa shape index (κ2) is 6.48. The first-order valence-corrected chi connectivity index (χ1v) is 6.42. The first-order valence-electron chi connectivity index (χ1n) is 5.22. The van der Waals surface area contributed by atoms with Gasteiger partial charge in [0.15, 0.2) is 0 Å². The number of thiophene rings is 1. The van der Waals surface area contributed by atoms with Crippen molar-refractivity contribution in [2.45, 2.75) is 32.9 Å². The molecule has 1 aromatic heterocycles. The summed E-state index contributed by atoms with van der Waals surface area (Å²) in [5.41, 5.74) is 0. The minimum Gasteiger partial charge on any atom is -0.393 e. The number of hydrogen-bond donors (Lipinski definition) is 2. The smallest absolute Gasteiger partial charge is 0.0931 e. The number of nitrogens with one attached hydrogen (secondary N) is 1. The van der Waals surface area contributed by atoms with Crippen molar-refractivity contribution in [2.75, 3.05) is 6.54 Å². The lowest BCUT2D eigenvalue weighted by Crippen LogP contribution is -2.23. The van der Waals surface area contributed by atoms with Crippen LogP contribution in [0.25, 0.3) is 0 Å². The largest absolute Gasteiger partial charge is 0.393 e. The molecule has 0 aliphatic carbocycles. The molecule has 1 unspecified atom stereocenters. The van der Waals surface area contributed by atoms with Gasteiger partial charge in [-0.1, -0.05) is 25.4 Å². The molecule has 0 amide bonds. The average molecular weight is 248 g/mol. The zero-order chi connectivity index (χ0) is 11.3. The van der Waals surface area contributed by atoms with Crippen molar-refractivity contribution in [1.82, 2.24) is 5.32 Å². The van der Waals surface area contributed by atoms with Crippen LogP contribution in [0.1, 0.15) is 25.1 Å². The van der Waals surface area contributed by atoms with E-state index in [-0.39, 0.29) is 6.10 Å². The molecule has 0 aliphatic rings. The quantitative estimate of drug-likeness (QED) is 0.758. The van der Waals surface area contributed by atoms with Crippen LogP contribution in [0.3, 0.4) is 0 Å². The third-order valence-electron chi connectivity index (χ3n) is 2.31. The number of aliphatic hydroxyl groups is 1. The van der Waals surface area contributed by atoms with E-state index in [4.69, 9.17) is 11.6 Å². The van der Waals surface area contributed by atoms with Gasteiger partial charge in [-0.05, 0) is 31.0 Å². The van der Waals surface area contributed by atoms with Gasteiger partial charge in [0.25, 0.3) is 0 Å². The van der Waals surface area contributed by atoms with Gasteiger partial charge in [-0.2, -0.15) is 0 Å². The van der Waals surface area contributed by atoms with E-state index >= 15 is 0 Å². The summed E-state index contributed by atoms with van der Waals surface area (Å²) in [4.78, 5) is 1.24.